The molecule has 1 aromatic carbocycles. The van der Waals surface area contributed by atoms with Crippen LogP contribution in [0.1, 0.15) is 22.7 Å². The summed E-state index contributed by atoms with van der Waals surface area (Å²) in [4.78, 5) is 4.20. The molecule has 1 atom stereocenters. The predicted octanol–water partition coefficient (Wildman–Crippen LogP) is 1.86. The first-order chi connectivity index (χ1) is 8.85. The maximum absolute atomic E-state index is 9.33. The van der Waals surface area contributed by atoms with Crippen molar-refractivity contribution in [3.05, 3.63) is 65.5 Å². The van der Waals surface area contributed by atoms with Crippen LogP contribution in [0, 0.1) is 0 Å². The fourth-order valence-electron chi connectivity index (χ4n) is 2.17. The van der Waals surface area contributed by atoms with E-state index in [4.69, 9.17) is 5.73 Å². The van der Waals surface area contributed by atoms with Gasteiger partial charge in [0, 0.05) is 12.1 Å². The molecule has 3 heteroatoms. The standard InChI is InChI=1S/C15H18N2O/c16-10-13(9-12-5-2-1-3-6-12)14-7-4-8-17-15(14)11-18/h1-8,13,18H,9-11,16H2. The normalized spacial score (nSPS) is 12.3. The van der Waals surface area contributed by atoms with Gasteiger partial charge in [-0.15, -0.1) is 0 Å². The van der Waals surface area contributed by atoms with Crippen LogP contribution >= 0.6 is 0 Å². The Hall–Kier alpha value is -1.71. The lowest BCUT2D eigenvalue weighted by molar-refractivity contribution is 0.274. The molecule has 0 amide bonds. The predicted molar refractivity (Wildman–Crippen MR) is 72.1 cm³/mol. The van der Waals surface area contributed by atoms with Gasteiger partial charge >= 0.3 is 0 Å². The average molecular weight is 242 g/mol. The Balaban J connectivity index is 2.23. The minimum Gasteiger partial charge on any atom is -0.390 e. The van der Waals surface area contributed by atoms with Crippen LogP contribution in [-0.2, 0) is 13.0 Å². The van der Waals surface area contributed by atoms with E-state index < -0.39 is 0 Å². The van der Waals surface area contributed by atoms with Gasteiger partial charge in [0.1, 0.15) is 0 Å². The van der Waals surface area contributed by atoms with Crippen molar-refractivity contribution in [3.63, 3.8) is 0 Å². The zero-order valence-corrected chi connectivity index (χ0v) is 10.3. The summed E-state index contributed by atoms with van der Waals surface area (Å²) in [6.45, 7) is 0.509. The molecule has 3 N–H and O–H groups in total. The second-order valence-corrected chi connectivity index (χ2v) is 4.32. The van der Waals surface area contributed by atoms with Gasteiger partial charge in [-0.1, -0.05) is 36.4 Å². The first-order valence-electron chi connectivity index (χ1n) is 6.13. The Bertz CT molecular complexity index is 485. The van der Waals surface area contributed by atoms with E-state index in [0.717, 1.165) is 17.7 Å². The molecule has 94 valence electrons. The van der Waals surface area contributed by atoms with E-state index in [1.54, 1.807) is 6.20 Å². The molecule has 2 rings (SSSR count). The van der Waals surface area contributed by atoms with Gasteiger partial charge < -0.3 is 10.8 Å². The van der Waals surface area contributed by atoms with Crippen molar-refractivity contribution >= 4 is 0 Å². The van der Waals surface area contributed by atoms with Gasteiger partial charge in [-0.2, -0.15) is 0 Å². The van der Waals surface area contributed by atoms with Crippen LogP contribution in [0.15, 0.2) is 48.7 Å². The van der Waals surface area contributed by atoms with Gasteiger partial charge in [-0.25, -0.2) is 0 Å². The number of aromatic nitrogens is 1. The molecule has 0 aliphatic heterocycles. The molecule has 0 bridgehead atoms. The average Bonchev–Trinajstić information content (AvgIpc) is 2.46. The highest BCUT2D eigenvalue weighted by atomic mass is 16.3. The third-order valence-electron chi connectivity index (χ3n) is 3.12. The van der Waals surface area contributed by atoms with Crippen LogP contribution in [0.3, 0.4) is 0 Å². The molecule has 0 aliphatic rings. The quantitative estimate of drug-likeness (QED) is 0.841. The van der Waals surface area contributed by atoms with Crippen molar-refractivity contribution in [2.75, 3.05) is 6.54 Å². The second-order valence-electron chi connectivity index (χ2n) is 4.32. The molecular formula is C15H18N2O. The number of nitrogens with two attached hydrogens (primary N) is 1. The lowest BCUT2D eigenvalue weighted by Gasteiger charge is -2.17. The van der Waals surface area contributed by atoms with Crippen molar-refractivity contribution in [3.8, 4) is 0 Å². The number of benzene rings is 1. The maximum atomic E-state index is 9.33. The van der Waals surface area contributed by atoms with Gasteiger partial charge in [-0.3, -0.25) is 4.98 Å². The molecule has 0 saturated carbocycles. The smallest absolute Gasteiger partial charge is 0.0855 e. The van der Waals surface area contributed by atoms with Crippen LogP contribution in [0.4, 0.5) is 0 Å². The minimum atomic E-state index is -0.0402. The van der Waals surface area contributed by atoms with Gasteiger partial charge in [-0.05, 0) is 30.2 Å². The van der Waals surface area contributed by atoms with E-state index >= 15 is 0 Å². The molecule has 0 fully saturated rings. The van der Waals surface area contributed by atoms with Crippen LogP contribution in [0.5, 0.6) is 0 Å². The number of aliphatic hydroxyl groups excluding tert-OH is 1. The van der Waals surface area contributed by atoms with Crippen molar-refractivity contribution in [2.24, 2.45) is 5.73 Å². The SMILES string of the molecule is NCC(Cc1ccccc1)c1cccnc1CO. The fourth-order valence-corrected chi connectivity index (χ4v) is 2.17. The Kier molecular flexibility index (Phi) is 4.45. The number of aliphatic hydroxyl groups is 1. The Morgan fingerprint density at radius 2 is 1.89 bits per heavy atom. The topological polar surface area (TPSA) is 59.1 Å². The lowest BCUT2D eigenvalue weighted by atomic mass is 9.91. The Morgan fingerprint density at radius 3 is 2.56 bits per heavy atom. The van der Waals surface area contributed by atoms with Crippen molar-refractivity contribution < 1.29 is 5.11 Å². The van der Waals surface area contributed by atoms with Crippen molar-refractivity contribution in [1.29, 1.82) is 0 Å². The van der Waals surface area contributed by atoms with E-state index in [-0.39, 0.29) is 12.5 Å². The fraction of sp³-hybridized carbons (Fsp3) is 0.267. The highest BCUT2D eigenvalue weighted by Gasteiger charge is 2.14. The molecule has 0 aliphatic carbocycles. The number of nitrogens with zero attached hydrogens (tertiary/aromatic N) is 1. The first-order valence-corrected chi connectivity index (χ1v) is 6.13. The van der Waals surface area contributed by atoms with Crippen LogP contribution in [0.2, 0.25) is 0 Å². The summed E-state index contributed by atoms with van der Waals surface area (Å²) < 4.78 is 0. The molecular weight excluding hydrogens is 224 g/mol. The second kappa shape index (κ2) is 6.28. The van der Waals surface area contributed by atoms with E-state index in [9.17, 15) is 5.11 Å². The summed E-state index contributed by atoms with van der Waals surface area (Å²) in [6, 6.07) is 14.1. The van der Waals surface area contributed by atoms with E-state index in [2.05, 4.69) is 17.1 Å². The first kappa shape index (κ1) is 12.7. The summed E-state index contributed by atoms with van der Waals surface area (Å²) in [7, 11) is 0. The third-order valence-corrected chi connectivity index (χ3v) is 3.12. The summed E-state index contributed by atoms with van der Waals surface area (Å²) in [5.41, 5.74) is 8.89. The maximum Gasteiger partial charge on any atom is 0.0855 e. The third kappa shape index (κ3) is 2.94. The van der Waals surface area contributed by atoms with Crippen molar-refractivity contribution in [1.82, 2.24) is 4.98 Å². The molecule has 0 radical (unpaired) electrons. The van der Waals surface area contributed by atoms with Crippen molar-refractivity contribution in [2.45, 2.75) is 18.9 Å². The minimum absolute atomic E-state index is 0.0402. The van der Waals surface area contributed by atoms with E-state index in [0.29, 0.717) is 6.54 Å². The number of hydrogen-bond donors (Lipinski definition) is 2. The van der Waals surface area contributed by atoms with Gasteiger partial charge in [0.25, 0.3) is 0 Å². The zero-order valence-electron chi connectivity index (χ0n) is 10.3. The van der Waals surface area contributed by atoms with E-state index in [1.165, 1.54) is 5.56 Å². The lowest BCUT2D eigenvalue weighted by Crippen LogP contribution is -2.17. The van der Waals surface area contributed by atoms with Gasteiger partial charge in [0.05, 0.1) is 12.3 Å². The van der Waals surface area contributed by atoms with Gasteiger partial charge in [0.15, 0.2) is 0 Å². The van der Waals surface area contributed by atoms with Crippen LogP contribution in [0.25, 0.3) is 0 Å². The molecule has 1 unspecified atom stereocenters. The molecule has 1 aromatic heterocycles. The zero-order chi connectivity index (χ0) is 12.8. The largest absolute Gasteiger partial charge is 0.390 e. The Labute approximate surface area is 107 Å². The van der Waals surface area contributed by atoms with Crippen LogP contribution < -0.4 is 5.73 Å². The molecule has 18 heavy (non-hydrogen) atoms. The van der Waals surface area contributed by atoms with E-state index in [1.807, 2.05) is 30.3 Å². The van der Waals surface area contributed by atoms with Crippen LogP contribution in [-0.4, -0.2) is 16.6 Å². The number of rotatable bonds is 5. The summed E-state index contributed by atoms with van der Waals surface area (Å²) in [5.74, 6) is 0.197. The molecule has 0 saturated heterocycles. The monoisotopic (exact) mass is 242 g/mol. The van der Waals surface area contributed by atoms with Gasteiger partial charge in [0.2, 0.25) is 0 Å². The number of pyridine rings is 1. The highest BCUT2D eigenvalue weighted by Crippen LogP contribution is 2.22. The summed E-state index contributed by atoms with van der Waals surface area (Å²) in [6.07, 6.45) is 2.57. The highest BCUT2D eigenvalue weighted by molar-refractivity contribution is 5.27. The molecule has 3 nitrogen and oxygen atoms in total. The molecule has 0 spiro atoms. The Morgan fingerprint density at radius 1 is 1.11 bits per heavy atom. The molecule has 2 aromatic rings. The summed E-state index contributed by atoms with van der Waals surface area (Å²) in [5, 5.41) is 9.33. The molecule has 1 heterocycles. The summed E-state index contributed by atoms with van der Waals surface area (Å²) >= 11 is 0. The number of hydrogen-bond acceptors (Lipinski definition) is 3.